The van der Waals surface area contributed by atoms with E-state index in [0.29, 0.717) is 12.1 Å². The number of benzene rings is 1. The van der Waals surface area contributed by atoms with Gasteiger partial charge in [0.2, 0.25) is 0 Å². The van der Waals surface area contributed by atoms with E-state index in [1.165, 1.54) is 52.9 Å². The van der Waals surface area contributed by atoms with Gasteiger partial charge in [-0.1, -0.05) is 30.3 Å². The summed E-state index contributed by atoms with van der Waals surface area (Å²) in [5, 5.41) is 9.53. The first-order chi connectivity index (χ1) is 17.1. The van der Waals surface area contributed by atoms with Crippen molar-refractivity contribution in [2.45, 2.75) is 49.8 Å². The second-order valence-corrected chi connectivity index (χ2v) is 11.1. The Labute approximate surface area is 212 Å². The summed E-state index contributed by atoms with van der Waals surface area (Å²) in [5.74, 6) is -0.860. The molecular weight excluding hydrogens is 490 g/mol. The van der Waals surface area contributed by atoms with Crippen LogP contribution in [-0.2, 0) is 19.9 Å². The number of aliphatic hydroxyl groups excluding tert-OH is 1. The van der Waals surface area contributed by atoms with Crippen molar-refractivity contribution in [3.05, 3.63) is 35.9 Å². The fourth-order valence-electron chi connectivity index (χ4n) is 5.94. The van der Waals surface area contributed by atoms with Crippen LogP contribution in [0.4, 0.5) is 0 Å². The maximum Gasteiger partial charge on any atom is 0.394 e. The van der Waals surface area contributed by atoms with Crippen LogP contribution in [0.1, 0.15) is 37.2 Å². The Morgan fingerprint density at radius 1 is 0.917 bits per heavy atom. The summed E-state index contributed by atoms with van der Waals surface area (Å²) in [6, 6.07) is 10.5. The van der Waals surface area contributed by atoms with Gasteiger partial charge in [-0.15, -0.1) is 0 Å². The zero-order valence-electron chi connectivity index (χ0n) is 20.6. The highest BCUT2D eigenvalue weighted by molar-refractivity contribution is 7.79. The molecule has 0 spiro atoms. The molecule has 12 nitrogen and oxygen atoms in total. The summed E-state index contributed by atoms with van der Waals surface area (Å²) >= 11 is 0. The van der Waals surface area contributed by atoms with Crippen molar-refractivity contribution in [2.24, 2.45) is 0 Å². The lowest BCUT2D eigenvalue weighted by molar-refractivity contribution is -0.194. The van der Waals surface area contributed by atoms with Crippen LogP contribution in [0, 0.1) is 0 Å². The van der Waals surface area contributed by atoms with Crippen molar-refractivity contribution in [3.8, 4) is 0 Å². The van der Waals surface area contributed by atoms with Crippen LogP contribution in [0.5, 0.6) is 0 Å². The number of nitrogens with zero attached hydrogens (tertiary/aromatic N) is 5. The maximum atomic E-state index is 12.4. The molecule has 0 saturated carbocycles. The molecule has 6 aliphatic rings. The second kappa shape index (κ2) is 11.8. The minimum Gasteiger partial charge on any atom is -0.462 e. The van der Waals surface area contributed by atoms with Gasteiger partial charge in [0.1, 0.15) is 12.0 Å². The zero-order chi connectivity index (χ0) is 25.9. The topological polar surface area (TPSA) is 137 Å². The molecule has 13 heteroatoms. The summed E-state index contributed by atoms with van der Waals surface area (Å²) in [4.78, 5) is 24.7. The Morgan fingerprint density at radius 3 is 1.72 bits per heavy atom. The van der Waals surface area contributed by atoms with Gasteiger partial charge >= 0.3 is 16.4 Å². The summed E-state index contributed by atoms with van der Waals surface area (Å²) in [5.41, 5.74) is 0.820. The Kier molecular flexibility index (Phi) is 8.96. The van der Waals surface area contributed by atoms with Crippen LogP contribution in [0.15, 0.2) is 30.3 Å². The summed E-state index contributed by atoms with van der Waals surface area (Å²) < 4.78 is 37.3. The third kappa shape index (κ3) is 7.43. The van der Waals surface area contributed by atoms with Crippen LogP contribution < -0.4 is 0 Å². The van der Waals surface area contributed by atoms with Gasteiger partial charge in [0.15, 0.2) is 0 Å². The lowest BCUT2D eigenvalue weighted by atomic mass is 9.98. The molecule has 3 N–H and O–H groups in total. The van der Waals surface area contributed by atoms with Gasteiger partial charge in [-0.25, -0.2) is 0 Å². The summed E-state index contributed by atoms with van der Waals surface area (Å²) in [6.45, 7) is 6.92. The highest BCUT2D eigenvalue weighted by Gasteiger charge is 2.40. The molecule has 3 unspecified atom stereocenters. The molecule has 36 heavy (non-hydrogen) atoms. The van der Waals surface area contributed by atoms with Crippen LogP contribution >= 0.6 is 0 Å². The number of hydrogen-bond donors (Lipinski definition) is 3. The van der Waals surface area contributed by atoms with Crippen LogP contribution in [0.3, 0.4) is 0 Å². The lowest BCUT2D eigenvalue weighted by Gasteiger charge is -2.56. The maximum absolute atomic E-state index is 12.4. The first kappa shape index (κ1) is 27.4. The van der Waals surface area contributed by atoms with Crippen molar-refractivity contribution in [1.29, 1.82) is 0 Å². The molecule has 0 aliphatic carbocycles. The minimum absolute atomic E-state index is 0.00367. The van der Waals surface area contributed by atoms with E-state index in [4.69, 9.17) is 22.3 Å². The largest absolute Gasteiger partial charge is 0.462 e. The molecule has 0 amide bonds. The van der Waals surface area contributed by atoms with E-state index in [2.05, 4.69) is 31.5 Å². The number of piperidine rings is 1. The number of fused-ring (bicyclic) bond motifs is 2. The third-order valence-electron chi connectivity index (χ3n) is 7.41. The summed E-state index contributed by atoms with van der Waals surface area (Å²) in [7, 11) is -2.50. The highest BCUT2D eigenvalue weighted by atomic mass is 32.3. The fraction of sp³-hybridized carbons (Fsp3) is 0.696. The summed E-state index contributed by atoms with van der Waals surface area (Å²) in [6.07, 6.45) is 4.26. The lowest BCUT2D eigenvalue weighted by Crippen LogP contribution is -2.71. The van der Waals surface area contributed by atoms with Gasteiger partial charge in [0, 0.05) is 12.1 Å². The second-order valence-electron chi connectivity index (χ2n) is 10.2. The van der Waals surface area contributed by atoms with Crippen LogP contribution in [0.25, 0.3) is 0 Å². The zero-order valence-corrected chi connectivity index (χ0v) is 21.4. The van der Waals surface area contributed by atoms with E-state index >= 15 is 0 Å². The number of hydrogen-bond acceptors (Lipinski definition) is 10. The van der Waals surface area contributed by atoms with E-state index in [0.717, 1.165) is 18.4 Å². The normalized spacial score (nSPS) is 35.2. The SMILES string of the molecule is C1N2CN3CN1CN(C2)C3.CN1C2CCC1CC(OC(=O)C(CO)c1ccccc1)C2.O=S(=O)(O)O. The monoisotopic (exact) mass is 527 g/mol. The first-order valence-corrected chi connectivity index (χ1v) is 13.7. The van der Waals surface area contributed by atoms with Crippen LogP contribution in [-0.4, -0.2) is 125 Å². The molecule has 6 heterocycles. The van der Waals surface area contributed by atoms with Gasteiger partial charge < -0.3 is 14.7 Å². The molecule has 6 bridgehead atoms. The molecule has 1 aromatic rings. The molecule has 7 rings (SSSR count). The standard InChI is InChI=1S/C17H23NO3.C6H12N4.H2O4S/c1-18-13-7-8-14(18)10-15(9-13)21-17(20)16(11-19)12-5-3-2-4-6-12;1-7-2-9-4-8(1)5-10(3-7)6-9;1-5(2,3)4/h2-6,13-16,19H,7-11H2,1H3;1-6H2;(H2,1,2,3,4). The van der Waals surface area contributed by atoms with E-state index in [-0.39, 0.29) is 18.7 Å². The number of rotatable bonds is 4. The number of ether oxygens (including phenoxy) is 1. The van der Waals surface area contributed by atoms with Gasteiger partial charge in [-0.05, 0) is 38.3 Å². The minimum atomic E-state index is -4.67. The van der Waals surface area contributed by atoms with Crippen molar-refractivity contribution in [2.75, 3.05) is 53.7 Å². The predicted molar refractivity (Wildman–Crippen MR) is 131 cm³/mol. The van der Waals surface area contributed by atoms with Gasteiger partial charge in [-0.3, -0.25) is 33.5 Å². The Bertz CT molecular complexity index is 904. The number of carbonyl (C=O) groups excluding carboxylic acids is 1. The van der Waals surface area contributed by atoms with Crippen LogP contribution in [0.2, 0.25) is 0 Å². The highest BCUT2D eigenvalue weighted by Crippen LogP contribution is 2.36. The van der Waals surface area contributed by atoms with Crippen molar-refractivity contribution >= 4 is 16.4 Å². The van der Waals surface area contributed by atoms with E-state index < -0.39 is 16.3 Å². The fourth-order valence-corrected chi connectivity index (χ4v) is 5.94. The van der Waals surface area contributed by atoms with E-state index in [1.807, 2.05) is 30.3 Å². The molecule has 202 valence electrons. The molecule has 1 aromatic carbocycles. The van der Waals surface area contributed by atoms with Gasteiger partial charge in [0.25, 0.3) is 0 Å². The van der Waals surface area contributed by atoms with Crippen molar-refractivity contribution in [3.63, 3.8) is 0 Å². The van der Waals surface area contributed by atoms with Gasteiger partial charge in [-0.2, -0.15) is 8.42 Å². The van der Waals surface area contributed by atoms with Gasteiger partial charge in [0.05, 0.1) is 46.6 Å². The molecule has 3 atom stereocenters. The molecule has 6 fully saturated rings. The third-order valence-corrected chi connectivity index (χ3v) is 7.41. The molecule has 0 aromatic heterocycles. The molecule has 6 saturated heterocycles. The predicted octanol–water partition coefficient (Wildman–Crippen LogP) is 0.258. The van der Waals surface area contributed by atoms with E-state index in [1.54, 1.807) is 0 Å². The number of esters is 1. The van der Waals surface area contributed by atoms with Crippen molar-refractivity contribution in [1.82, 2.24) is 24.5 Å². The Morgan fingerprint density at radius 2 is 1.33 bits per heavy atom. The van der Waals surface area contributed by atoms with E-state index in [9.17, 15) is 9.90 Å². The number of carbonyl (C=O) groups is 1. The molecule has 6 aliphatic heterocycles. The van der Waals surface area contributed by atoms with Crippen molar-refractivity contribution < 1.29 is 32.2 Å². The Hall–Kier alpha value is -1.68. The molecule has 0 radical (unpaired) electrons. The average Bonchev–Trinajstić information content (AvgIpc) is 2.99. The quantitative estimate of drug-likeness (QED) is 0.366. The smallest absolute Gasteiger partial charge is 0.394 e. The number of aliphatic hydroxyl groups is 1. The average molecular weight is 528 g/mol. The first-order valence-electron chi connectivity index (χ1n) is 12.3. The molecular formula is C23H37N5O7S. The Balaban J connectivity index is 0.000000166.